The number of hydrogen-bond acceptors (Lipinski definition) is 4. The molecule has 138 valence electrons. The highest BCUT2D eigenvalue weighted by atomic mass is 35.5. The minimum absolute atomic E-state index is 0. The molecule has 2 aliphatic heterocycles. The van der Waals surface area contributed by atoms with E-state index in [4.69, 9.17) is 10.5 Å². The Kier molecular flexibility index (Phi) is 10.7. The molecule has 0 spiro atoms. The van der Waals surface area contributed by atoms with Crippen molar-refractivity contribution in [1.82, 2.24) is 9.80 Å². The van der Waals surface area contributed by atoms with Crippen molar-refractivity contribution in [2.45, 2.75) is 33.1 Å². The van der Waals surface area contributed by atoms with Crippen molar-refractivity contribution in [3.8, 4) is 0 Å². The molecule has 1 atom stereocenters. The fourth-order valence-corrected chi connectivity index (χ4v) is 3.62. The lowest BCUT2D eigenvalue weighted by atomic mass is 9.79. The fraction of sp³-hybridized carbons (Fsp3) is 0.938. The summed E-state index contributed by atoms with van der Waals surface area (Å²) in [6.45, 7) is 11.3. The molecule has 0 aromatic heterocycles. The van der Waals surface area contributed by atoms with E-state index in [0.717, 1.165) is 52.0 Å². The van der Waals surface area contributed by atoms with Crippen molar-refractivity contribution in [3.63, 3.8) is 0 Å². The molecule has 1 unspecified atom stereocenters. The first-order chi connectivity index (χ1) is 10.1. The van der Waals surface area contributed by atoms with Crippen LogP contribution in [0.2, 0.25) is 0 Å². The van der Waals surface area contributed by atoms with Gasteiger partial charge in [-0.25, -0.2) is 0 Å². The van der Waals surface area contributed by atoms with Gasteiger partial charge < -0.3 is 20.3 Å². The summed E-state index contributed by atoms with van der Waals surface area (Å²) in [6, 6.07) is 0. The third kappa shape index (κ3) is 5.46. The lowest BCUT2D eigenvalue weighted by Crippen LogP contribution is -2.50. The van der Waals surface area contributed by atoms with Gasteiger partial charge >= 0.3 is 0 Å². The van der Waals surface area contributed by atoms with Gasteiger partial charge in [-0.2, -0.15) is 0 Å². The summed E-state index contributed by atoms with van der Waals surface area (Å²) < 4.78 is 5.41. The Balaban J connectivity index is 0.00000242. The third-order valence-electron chi connectivity index (χ3n) is 5.28. The Morgan fingerprint density at radius 1 is 1.26 bits per heavy atom. The van der Waals surface area contributed by atoms with Crippen LogP contribution in [0.1, 0.15) is 33.1 Å². The smallest absolute Gasteiger partial charge is 0.230 e. The molecule has 23 heavy (non-hydrogen) atoms. The van der Waals surface area contributed by atoms with Gasteiger partial charge in [0, 0.05) is 39.4 Å². The fourth-order valence-electron chi connectivity index (χ4n) is 3.62. The van der Waals surface area contributed by atoms with E-state index in [2.05, 4.69) is 23.6 Å². The highest BCUT2D eigenvalue weighted by Gasteiger charge is 2.43. The molecule has 0 aromatic carbocycles. The number of carbonyl (C=O) groups is 1. The zero-order chi connectivity index (χ0) is 15.3. The van der Waals surface area contributed by atoms with Crippen molar-refractivity contribution >= 4 is 30.7 Å². The maximum atomic E-state index is 12.9. The largest absolute Gasteiger partial charge is 0.381 e. The Morgan fingerprint density at radius 2 is 1.87 bits per heavy atom. The second-order valence-corrected chi connectivity index (χ2v) is 6.49. The topological polar surface area (TPSA) is 58.8 Å². The normalized spacial score (nSPS) is 23.3. The first kappa shape index (κ1) is 22.9. The van der Waals surface area contributed by atoms with Crippen LogP contribution >= 0.6 is 24.8 Å². The molecule has 0 aromatic rings. The van der Waals surface area contributed by atoms with E-state index >= 15 is 0 Å². The Bertz CT molecular complexity index is 348. The zero-order valence-electron chi connectivity index (χ0n) is 14.5. The maximum Gasteiger partial charge on any atom is 0.230 e. The Morgan fingerprint density at radius 3 is 2.39 bits per heavy atom. The van der Waals surface area contributed by atoms with Crippen LogP contribution in [-0.4, -0.2) is 68.2 Å². The SMILES string of the molecule is CCN(CC)CC1CCN(C(=O)C2(CN)CCOCC2)C1.Cl.Cl. The van der Waals surface area contributed by atoms with E-state index < -0.39 is 0 Å². The van der Waals surface area contributed by atoms with Gasteiger partial charge in [0.05, 0.1) is 5.41 Å². The van der Waals surface area contributed by atoms with Crippen LogP contribution in [-0.2, 0) is 9.53 Å². The molecule has 2 rings (SSSR count). The van der Waals surface area contributed by atoms with Gasteiger partial charge in [-0.1, -0.05) is 13.8 Å². The number of nitrogens with two attached hydrogens (primary N) is 1. The number of amides is 1. The number of ether oxygens (including phenoxy) is 1. The third-order valence-corrected chi connectivity index (χ3v) is 5.28. The zero-order valence-corrected chi connectivity index (χ0v) is 16.1. The molecule has 1 amide bonds. The predicted molar refractivity (Wildman–Crippen MR) is 98.5 cm³/mol. The van der Waals surface area contributed by atoms with Gasteiger partial charge in [-0.05, 0) is 38.3 Å². The molecular formula is C16H33Cl2N3O2. The first-order valence-electron chi connectivity index (χ1n) is 8.44. The van der Waals surface area contributed by atoms with Crippen LogP contribution < -0.4 is 5.73 Å². The number of likely N-dealkylation sites (tertiary alicyclic amines) is 1. The van der Waals surface area contributed by atoms with Gasteiger partial charge in [0.15, 0.2) is 0 Å². The van der Waals surface area contributed by atoms with Gasteiger partial charge in [0.2, 0.25) is 5.91 Å². The Hall–Kier alpha value is -0.0700. The average molecular weight is 370 g/mol. The van der Waals surface area contributed by atoms with E-state index in [0.29, 0.717) is 25.7 Å². The monoisotopic (exact) mass is 369 g/mol. The summed E-state index contributed by atoms with van der Waals surface area (Å²) in [5.41, 5.74) is 5.60. The van der Waals surface area contributed by atoms with Crippen molar-refractivity contribution in [2.75, 3.05) is 52.5 Å². The molecule has 0 saturated carbocycles. The summed E-state index contributed by atoms with van der Waals surface area (Å²) in [5, 5.41) is 0. The number of hydrogen-bond donors (Lipinski definition) is 1. The van der Waals surface area contributed by atoms with Crippen molar-refractivity contribution in [3.05, 3.63) is 0 Å². The number of carbonyl (C=O) groups excluding carboxylic acids is 1. The highest BCUT2D eigenvalue weighted by molar-refractivity contribution is 5.85. The van der Waals surface area contributed by atoms with E-state index in [1.165, 1.54) is 0 Å². The van der Waals surface area contributed by atoms with Gasteiger partial charge in [-0.15, -0.1) is 24.8 Å². The molecule has 0 radical (unpaired) electrons. The van der Waals surface area contributed by atoms with Crippen LogP contribution in [0.5, 0.6) is 0 Å². The molecule has 2 heterocycles. The van der Waals surface area contributed by atoms with Crippen LogP contribution in [0.4, 0.5) is 0 Å². The van der Waals surface area contributed by atoms with Gasteiger partial charge in [0.1, 0.15) is 0 Å². The van der Waals surface area contributed by atoms with Gasteiger partial charge in [-0.3, -0.25) is 4.79 Å². The van der Waals surface area contributed by atoms with E-state index in [9.17, 15) is 4.79 Å². The lowest BCUT2D eigenvalue weighted by Gasteiger charge is -2.37. The van der Waals surface area contributed by atoms with Crippen LogP contribution in [0.15, 0.2) is 0 Å². The predicted octanol–water partition coefficient (Wildman–Crippen LogP) is 1.78. The summed E-state index contributed by atoms with van der Waals surface area (Å²) in [7, 11) is 0. The molecule has 2 aliphatic rings. The van der Waals surface area contributed by atoms with E-state index in [1.807, 2.05) is 0 Å². The molecule has 2 N–H and O–H groups in total. The summed E-state index contributed by atoms with van der Waals surface area (Å²) in [4.78, 5) is 17.4. The molecule has 0 bridgehead atoms. The summed E-state index contributed by atoms with van der Waals surface area (Å²) in [6.07, 6.45) is 2.68. The maximum absolute atomic E-state index is 12.9. The standard InChI is InChI=1S/C16H31N3O2.2ClH/c1-3-18(4-2)11-14-5-8-19(12-14)15(20)16(13-17)6-9-21-10-7-16;;/h14H,3-13,17H2,1-2H3;2*1H. The summed E-state index contributed by atoms with van der Waals surface area (Å²) >= 11 is 0. The number of rotatable bonds is 6. The average Bonchev–Trinajstić information content (AvgIpc) is 3.01. The number of halogens is 2. The Labute approximate surface area is 153 Å². The molecule has 2 fully saturated rings. The molecule has 2 saturated heterocycles. The van der Waals surface area contributed by atoms with Crippen LogP contribution in [0.25, 0.3) is 0 Å². The van der Waals surface area contributed by atoms with Crippen molar-refractivity contribution in [2.24, 2.45) is 17.1 Å². The first-order valence-corrected chi connectivity index (χ1v) is 8.44. The molecule has 5 nitrogen and oxygen atoms in total. The van der Waals surface area contributed by atoms with Crippen LogP contribution in [0.3, 0.4) is 0 Å². The van der Waals surface area contributed by atoms with E-state index in [-0.39, 0.29) is 36.1 Å². The van der Waals surface area contributed by atoms with Crippen molar-refractivity contribution < 1.29 is 9.53 Å². The molecule has 7 heteroatoms. The van der Waals surface area contributed by atoms with Gasteiger partial charge in [0.25, 0.3) is 0 Å². The minimum Gasteiger partial charge on any atom is -0.381 e. The second-order valence-electron chi connectivity index (χ2n) is 6.49. The molecule has 0 aliphatic carbocycles. The second kappa shape index (κ2) is 10.7. The molecular weight excluding hydrogens is 337 g/mol. The van der Waals surface area contributed by atoms with E-state index in [1.54, 1.807) is 0 Å². The summed E-state index contributed by atoms with van der Waals surface area (Å²) in [5.74, 6) is 0.888. The van der Waals surface area contributed by atoms with Crippen LogP contribution in [0, 0.1) is 11.3 Å². The number of nitrogens with zero attached hydrogens (tertiary/aromatic N) is 2. The highest BCUT2D eigenvalue weighted by Crippen LogP contribution is 2.33. The lowest BCUT2D eigenvalue weighted by molar-refractivity contribution is -0.146. The minimum atomic E-state index is -0.359. The van der Waals surface area contributed by atoms with Crippen molar-refractivity contribution in [1.29, 1.82) is 0 Å². The quantitative estimate of drug-likeness (QED) is 0.774.